The quantitative estimate of drug-likeness (QED) is 0.0818. The molecule has 11 nitrogen and oxygen atoms in total. The normalized spacial score (nSPS) is 19.1. The van der Waals surface area contributed by atoms with Crippen LogP contribution in [-0.4, -0.2) is 97.8 Å². The Balaban J connectivity index is 1.05. The SMILES string of the molecule is CN(C)CC[C@H](CSc1ccccc1)Nc1ccc(S(=O)(=O)Nc2ncnc3c2CCN(C2CCC(O)(Cc4ccccc4-c4ccc(Cl)cc4)CC2)C3)cc1S(=O)(=O)C(F)(F)F. The van der Waals surface area contributed by atoms with Crippen molar-refractivity contribution >= 4 is 54.7 Å². The number of rotatable bonds is 16. The van der Waals surface area contributed by atoms with Gasteiger partial charge >= 0.3 is 5.51 Å². The van der Waals surface area contributed by atoms with Crippen molar-refractivity contribution in [1.82, 2.24) is 19.8 Å². The van der Waals surface area contributed by atoms with E-state index in [1.165, 1.54) is 18.1 Å². The lowest BCUT2D eigenvalue weighted by Gasteiger charge is -2.42. The van der Waals surface area contributed by atoms with E-state index in [4.69, 9.17) is 11.6 Å². The molecule has 0 bridgehead atoms. The van der Waals surface area contributed by atoms with Gasteiger partial charge in [-0.1, -0.05) is 66.2 Å². The number of fused-ring (bicyclic) bond motifs is 1. The first kappa shape index (κ1) is 46.8. The van der Waals surface area contributed by atoms with E-state index in [2.05, 4.69) is 31.0 Å². The molecule has 1 atom stereocenters. The zero-order chi connectivity index (χ0) is 45.0. The van der Waals surface area contributed by atoms with Crippen molar-refractivity contribution < 1.29 is 35.1 Å². The van der Waals surface area contributed by atoms with Crippen molar-refractivity contribution in [1.29, 1.82) is 0 Å². The lowest BCUT2D eigenvalue weighted by atomic mass is 9.76. The smallest absolute Gasteiger partial charge is 0.390 e. The number of nitrogens with zero attached hydrogens (tertiary/aromatic N) is 4. The van der Waals surface area contributed by atoms with Crippen LogP contribution in [-0.2, 0) is 39.2 Å². The van der Waals surface area contributed by atoms with Crippen molar-refractivity contribution in [2.75, 3.05) is 43.0 Å². The Kier molecular flexibility index (Phi) is 14.5. The summed E-state index contributed by atoms with van der Waals surface area (Å²) in [6, 6.07) is 27.5. The third kappa shape index (κ3) is 11.4. The Morgan fingerprint density at radius 2 is 1.65 bits per heavy atom. The van der Waals surface area contributed by atoms with Crippen LogP contribution in [0.25, 0.3) is 11.1 Å². The number of halogens is 4. The molecule has 1 saturated carbocycles. The number of nitrogens with one attached hydrogen (secondary N) is 2. The Bertz CT molecular complexity index is 2600. The van der Waals surface area contributed by atoms with Crippen LogP contribution in [0.5, 0.6) is 0 Å². The summed E-state index contributed by atoms with van der Waals surface area (Å²) in [5, 5.41) is 15.4. The molecule has 0 radical (unpaired) electrons. The van der Waals surface area contributed by atoms with Crippen molar-refractivity contribution in [2.24, 2.45) is 0 Å². The van der Waals surface area contributed by atoms with Gasteiger partial charge in [0.25, 0.3) is 19.9 Å². The fourth-order valence-corrected chi connectivity index (χ4v) is 11.5. The number of hydrogen-bond acceptors (Lipinski definition) is 11. The van der Waals surface area contributed by atoms with Gasteiger partial charge in [-0.25, -0.2) is 26.8 Å². The first-order valence-corrected chi connectivity index (χ1v) is 24.9. The van der Waals surface area contributed by atoms with E-state index in [1.54, 1.807) is 0 Å². The molecule has 1 aliphatic heterocycles. The van der Waals surface area contributed by atoms with Crippen molar-refractivity contribution in [3.8, 4) is 11.1 Å². The van der Waals surface area contributed by atoms with Gasteiger partial charge in [0, 0.05) is 52.8 Å². The highest BCUT2D eigenvalue weighted by Gasteiger charge is 2.48. The van der Waals surface area contributed by atoms with Gasteiger partial charge in [0.2, 0.25) is 0 Å². The van der Waals surface area contributed by atoms with Crippen LogP contribution < -0.4 is 10.0 Å². The Labute approximate surface area is 376 Å². The van der Waals surface area contributed by atoms with E-state index < -0.39 is 46.8 Å². The third-order valence-corrected chi connectivity index (χ3v) is 16.0. The summed E-state index contributed by atoms with van der Waals surface area (Å²) < 4.78 is 98.8. The number of aliphatic hydroxyl groups is 1. The molecule has 18 heteroatoms. The highest BCUT2D eigenvalue weighted by Crippen LogP contribution is 2.40. The maximum Gasteiger partial charge on any atom is 0.501 e. The summed E-state index contributed by atoms with van der Waals surface area (Å²) >= 11 is 7.59. The van der Waals surface area contributed by atoms with Crippen LogP contribution in [0, 0.1) is 0 Å². The molecule has 1 aromatic heterocycles. The summed E-state index contributed by atoms with van der Waals surface area (Å²) in [6.45, 7) is 1.52. The summed E-state index contributed by atoms with van der Waals surface area (Å²) in [6.07, 6.45) is 5.25. The van der Waals surface area contributed by atoms with Gasteiger partial charge in [-0.05, 0) is 118 Å². The largest absolute Gasteiger partial charge is 0.501 e. The van der Waals surface area contributed by atoms with Crippen LogP contribution in [0.2, 0.25) is 5.02 Å². The first-order chi connectivity index (χ1) is 29.9. The fourth-order valence-electron chi connectivity index (χ4n) is 8.26. The standard InChI is InChI=1S/C45H50ClF3N6O5S3/c1-54(2)24-20-34(29-61-36-9-4-3-5-10-36)52-40-17-16-37(26-42(40)62(57,58)45(47,48)49)63(59,60)53-43-39-21-25-55(28-41(39)50-30-51-43)35-18-22-44(56,23-19-35)27-32-8-6-7-11-38(32)31-12-14-33(46)15-13-31/h3-17,26,30,34-35,52,56H,18-25,27-29H2,1-2H3,(H,50,51,53)/t34-,35?,44?/m1/s1. The van der Waals surface area contributed by atoms with Gasteiger partial charge in [0.15, 0.2) is 0 Å². The number of aromatic nitrogens is 2. The van der Waals surface area contributed by atoms with Crippen LogP contribution >= 0.6 is 23.4 Å². The van der Waals surface area contributed by atoms with Crippen molar-refractivity contribution in [2.45, 2.75) is 89.4 Å². The summed E-state index contributed by atoms with van der Waals surface area (Å²) in [4.78, 5) is 11.9. The third-order valence-electron chi connectivity index (χ3n) is 11.7. The maximum absolute atomic E-state index is 14.2. The van der Waals surface area contributed by atoms with Gasteiger partial charge in [-0.3, -0.25) is 9.62 Å². The summed E-state index contributed by atoms with van der Waals surface area (Å²) in [7, 11) is -6.94. The van der Waals surface area contributed by atoms with E-state index in [0.717, 1.165) is 46.6 Å². The first-order valence-electron chi connectivity index (χ1n) is 20.6. The predicted octanol–water partition coefficient (Wildman–Crippen LogP) is 8.69. The number of thioether (sulfide) groups is 1. The zero-order valence-electron chi connectivity index (χ0n) is 34.9. The molecular weight excluding hydrogens is 893 g/mol. The van der Waals surface area contributed by atoms with E-state index in [1.807, 2.05) is 91.8 Å². The molecule has 3 N–H and O–H groups in total. The Hall–Kier alpha value is -4.23. The van der Waals surface area contributed by atoms with Crippen LogP contribution in [0.3, 0.4) is 0 Å². The number of benzene rings is 4. The second-order valence-corrected chi connectivity index (χ2v) is 21.6. The predicted molar refractivity (Wildman–Crippen MR) is 242 cm³/mol. The number of anilines is 2. The topological polar surface area (TPSA) is 145 Å². The highest BCUT2D eigenvalue weighted by atomic mass is 35.5. The van der Waals surface area contributed by atoms with E-state index in [9.17, 15) is 35.1 Å². The molecular formula is C45H50ClF3N6O5S3. The molecule has 2 heterocycles. The van der Waals surface area contributed by atoms with E-state index >= 15 is 0 Å². The maximum atomic E-state index is 14.2. The van der Waals surface area contributed by atoms with Crippen LogP contribution in [0.4, 0.5) is 24.7 Å². The summed E-state index contributed by atoms with van der Waals surface area (Å²) in [5.41, 5.74) is -2.65. The average molecular weight is 944 g/mol. The molecule has 1 fully saturated rings. The number of hydrogen-bond donors (Lipinski definition) is 3. The second-order valence-electron chi connectivity index (χ2n) is 16.4. The molecule has 4 aromatic carbocycles. The molecule has 1 aliphatic carbocycles. The minimum Gasteiger partial charge on any atom is -0.390 e. The zero-order valence-corrected chi connectivity index (χ0v) is 38.1. The minimum absolute atomic E-state index is 0.0267. The van der Waals surface area contributed by atoms with Crippen LogP contribution in [0.15, 0.2) is 118 Å². The van der Waals surface area contributed by atoms with E-state index in [0.29, 0.717) is 79.8 Å². The van der Waals surface area contributed by atoms with Crippen LogP contribution in [0.1, 0.15) is 48.9 Å². The van der Waals surface area contributed by atoms with Gasteiger partial charge < -0.3 is 15.3 Å². The molecule has 0 amide bonds. The van der Waals surface area contributed by atoms with Gasteiger partial charge in [0.05, 0.1) is 21.9 Å². The van der Waals surface area contributed by atoms with E-state index in [-0.39, 0.29) is 17.5 Å². The highest BCUT2D eigenvalue weighted by molar-refractivity contribution is 7.99. The van der Waals surface area contributed by atoms with Gasteiger partial charge in [-0.2, -0.15) is 13.2 Å². The Morgan fingerprint density at radius 3 is 2.35 bits per heavy atom. The summed E-state index contributed by atoms with van der Waals surface area (Å²) in [5.74, 6) is 0.367. The lowest BCUT2D eigenvalue weighted by Crippen LogP contribution is -2.46. The second kappa shape index (κ2) is 19.5. The molecule has 336 valence electrons. The van der Waals surface area contributed by atoms with Gasteiger partial charge in [0.1, 0.15) is 17.0 Å². The molecule has 0 saturated heterocycles. The number of sulfone groups is 1. The van der Waals surface area contributed by atoms with Gasteiger partial charge in [-0.15, -0.1) is 11.8 Å². The average Bonchev–Trinajstić information content (AvgIpc) is 3.25. The minimum atomic E-state index is -6.00. The number of sulfonamides is 1. The number of alkyl halides is 3. The fraction of sp³-hybridized carbons (Fsp3) is 0.378. The van der Waals surface area contributed by atoms with Crippen molar-refractivity contribution in [3.05, 3.63) is 125 Å². The monoisotopic (exact) mass is 942 g/mol. The Morgan fingerprint density at radius 1 is 0.952 bits per heavy atom. The molecule has 0 spiro atoms. The molecule has 0 unspecified atom stereocenters. The molecule has 7 rings (SSSR count). The molecule has 5 aromatic rings. The van der Waals surface area contributed by atoms with Crippen molar-refractivity contribution in [3.63, 3.8) is 0 Å². The molecule has 63 heavy (non-hydrogen) atoms. The lowest BCUT2D eigenvalue weighted by molar-refractivity contribution is -0.0436. The molecule has 2 aliphatic rings.